The molecule has 1 unspecified atom stereocenters. The van der Waals surface area contributed by atoms with Crippen LogP contribution in [0.15, 0.2) is 150 Å². The summed E-state index contributed by atoms with van der Waals surface area (Å²) in [6.07, 6.45) is -0.439. The van der Waals surface area contributed by atoms with E-state index in [9.17, 15) is 3.07 Å². The lowest BCUT2D eigenvalue weighted by molar-refractivity contribution is 0.647. The van der Waals surface area contributed by atoms with E-state index in [1.165, 1.54) is 16.2 Å². The molecule has 7 aromatic carbocycles. The summed E-state index contributed by atoms with van der Waals surface area (Å²) in [6, 6.07) is 48.4. The molecule has 7 aromatic rings. The Morgan fingerprint density at radius 1 is 0.667 bits per heavy atom. The fraction of sp³-hybridized carbons (Fsp3) is 0.0732. The van der Waals surface area contributed by atoms with Gasteiger partial charge in [0.15, 0.2) is 0 Å². The molecule has 0 spiro atoms. The maximum Gasteiger partial charge on any atom is 0.273 e. The zero-order valence-corrected chi connectivity index (χ0v) is 28.6. The number of hydrogen-bond donors (Lipinski definition) is 1. The van der Waals surface area contributed by atoms with E-state index in [1.54, 1.807) is 0 Å². The van der Waals surface area contributed by atoms with Crippen molar-refractivity contribution >= 4 is 76.8 Å². The molecule has 6 nitrogen and oxygen atoms in total. The third kappa shape index (κ3) is 5.40. The maximum atomic E-state index is 11.8. The fourth-order valence-electron chi connectivity index (χ4n) is 6.54. The first-order chi connectivity index (χ1) is 23.6. The maximum absolute atomic E-state index is 11.8. The highest BCUT2D eigenvalue weighted by atomic mass is 127. The van der Waals surface area contributed by atoms with Gasteiger partial charge in [0.1, 0.15) is 0 Å². The molecule has 1 N–H and O–H groups in total. The number of anilines is 2. The summed E-state index contributed by atoms with van der Waals surface area (Å²) in [5, 5.41) is 15.3. The number of hydrogen-bond acceptors (Lipinski definition) is 4. The van der Waals surface area contributed by atoms with Crippen molar-refractivity contribution in [3.8, 4) is 11.1 Å². The van der Waals surface area contributed by atoms with E-state index < -0.39 is 27.6 Å². The highest BCUT2D eigenvalue weighted by Crippen LogP contribution is 2.38. The van der Waals surface area contributed by atoms with Crippen molar-refractivity contribution in [2.24, 2.45) is 9.98 Å². The topological polar surface area (TPSA) is 71.2 Å². The Hall–Kier alpha value is -5.41. The quantitative estimate of drug-likeness (QED) is 0.0767. The molecule has 0 aromatic heterocycles. The second-order valence-electron chi connectivity index (χ2n) is 11.8. The average Bonchev–Trinajstić information content (AvgIpc) is 3.16. The SMILES string of the molecule is CNc1ccc(-c2ccc(C3=NC(c4c5ccccc5cc5c4ccc4ccccc45)=NC(c4ccccc4)[N-]3)cc2)cc1N(C)I=O. The van der Waals surface area contributed by atoms with E-state index in [-0.39, 0.29) is 0 Å². The number of aliphatic imine (C=N–C) groups is 2. The first-order valence-electron chi connectivity index (χ1n) is 15.8. The molecule has 0 amide bonds. The van der Waals surface area contributed by atoms with Crippen molar-refractivity contribution in [2.75, 3.05) is 22.5 Å². The van der Waals surface area contributed by atoms with Gasteiger partial charge in [-0.1, -0.05) is 127 Å². The average molecular weight is 737 g/mol. The predicted octanol–water partition coefficient (Wildman–Crippen LogP) is 10.8. The Morgan fingerprint density at radius 2 is 1.35 bits per heavy atom. The summed E-state index contributed by atoms with van der Waals surface area (Å²) in [7, 11) is 3.73. The van der Waals surface area contributed by atoms with E-state index >= 15 is 0 Å². The normalized spacial score (nSPS) is 14.4. The van der Waals surface area contributed by atoms with Gasteiger partial charge in [0.25, 0.3) is 21.5 Å². The molecule has 1 aliphatic heterocycles. The van der Waals surface area contributed by atoms with Crippen LogP contribution in [0.4, 0.5) is 11.4 Å². The molecule has 0 saturated heterocycles. The van der Waals surface area contributed by atoms with Crippen LogP contribution in [0, 0.1) is 0 Å². The van der Waals surface area contributed by atoms with E-state index in [4.69, 9.17) is 15.3 Å². The summed E-state index contributed by atoms with van der Waals surface area (Å²) in [5.74, 6) is 1.32. The molecule has 0 radical (unpaired) electrons. The molecule has 7 heteroatoms. The van der Waals surface area contributed by atoms with Crippen molar-refractivity contribution in [3.05, 3.63) is 162 Å². The lowest BCUT2D eigenvalue weighted by Gasteiger charge is -2.33. The molecule has 1 aliphatic rings. The molecule has 0 fully saturated rings. The molecule has 0 aliphatic carbocycles. The van der Waals surface area contributed by atoms with Crippen LogP contribution in [0.1, 0.15) is 22.9 Å². The van der Waals surface area contributed by atoms with Crippen molar-refractivity contribution in [1.29, 1.82) is 0 Å². The first-order valence-corrected chi connectivity index (χ1v) is 17.7. The summed E-state index contributed by atoms with van der Waals surface area (Å²) >= 11 is -1.33. The molecule has 234 valence electrons. The van der Waals surface area contributed by atoms with E-state index in [0.29, 0.717) is 11.7 Å². The second-order valence-corrected chi connectivity index (χ2v) is 13.6. The highest BCUT2D eigenvalue weighted by molar-refractivity contribution is 14.1. The number of fused-ring (bicyclic) bond motifs is 4. The third-order valence-electron chi connectivity index (χ3n) is 8.97. The number of nitrogens with one attached hydrogen (secondary N) is 1. The third-order valence-corrected chi connectivity index (χ3v) is 10.1. The van der Waals surface area contributed by atoms with Crippen molar-refractivity contribution in [1.82, 2.24) is 0 Å². The van der Waals surface area contributed by atoms with Gasteiger partial charge in [-0.15, -0.1) is 0 Å². The molecule has 1 heterocycles. The number of halogens is 1. The fourth-order valence-corrected chi connectivity index (χ4v) is 7.15. The van der Waals surface area contributed by atoms with Crippen LogP contribution in [0.3, 0.4) is 0 Å². The Labute approximate surface area is 289 Å². The molecular formula is C41H31IN5O-. The number of rotatable bonds is 7. The van der Waals surface area contributed by atoms with Gasteiger partial charge in [0.05, 0.1) is 23.4 Å². The van der Waals surface area contributed by atoms with Crippen molar-refractivity contribution in [2.45, 2.75) is 6.17 Å². The zero-order valence-electron chi connectivity index (χ0n) is 26.4. The van der Waals surface area contributed by atoms with Crippen molar-refractivity contribution in [3.63, 3.8) is 0 Å². The van der Waals surface area contributed by atoms with Crippen LogP contribution >= 0.6 is 21.5 Å². The van der Waals surface area contributed by atoms with Gasteiger partial charge in [-0.05, 0) is 72.8 Å². The summed E-state index contributed by atoms with van der Waals surface area (Å²) in [4.78, 5) is 10.4. The van der Waals surface area contributed by atoms with E-state index in [2.05, 4.69) is 121 Å². The van der Waals surface area contributed by atoms with Gasteiger partial charge in [-0.25, -0.2) is 3.07 Å². The molecule has 0 bridgehead atoms. The Morgan fingerprint density at radius 3 is 2.12 bits per heavy atom. The second kappa shape index (κ2) is 12.7. The van der Waals surface area contributed by atoms with Crippen LogP contribution in [-0.4, -0.2) is 25.8 Å². The van der Waals surface area contributed by atoms with Crippen LogP contribution in [0.2, 0.25) is 0 Å². The van der Waals surface area contributed by atoms with Crippen molar-refractivity contribution < 1.29 is 3.07 Å². The van der Waals surface area contributed by atoms with Gasteiger partial charge in [0, 0.05) is 19.7 Å². The molecule has 1 atom stereocenters. The van der Waals surface area contributed by atoms with Gasteiger partial charge in [-0.2, -0.15) is 0 Å². The lowest BCUT2D eigenvalue weighted by atomic mass is 9.92. The highest BCUT2D eigenvalue weighted by Gasteiger charge is 2.18. The minimum absolute atomic E-state index is 0.439. The number of benzene rings is 7. The zero-order chi connectivity index (χ0) is 32.6. The molecule has 8 rings (SSSR count). The molecule has 48 heavy (non-hydrogen) atoms. The van der Waals surface area contributed by atoms with Crippen LogP contribution < -0.4 is 8.43 Å². The first kappa shape index (κ1) is 30.0. The van der Waals surface area contributed by atoms with Crippen LogP contribution in [0.25, 0.3) is 48.8 Å². The van der Waals surface area contributed by atoms with Gasteiger partial charge >= 0.3 is 0 Å². The van der Waals surface area contributed by atoms with Gasteiger partial charge < -0.3 is 15.6 Å². The standard InChI is InChI=1S/C41H31IN5O/c1-43-36-23-21-30(25-37(36)47(2)42-48)26-16-18-29(19-17-26)40-44-39(28-11-4-3-5-12-28)45-41(46-40)38-33-15-9-7-13-31(33)24-35-32-14-8-6-10-27(32)20-22-34(35)38/h3-25,39,43H,1-2H3/q-1. The smallest absolute Gasteiger partial charge is 0.273 e. The summed E-state index contributed by atoms with van der Waals surface area (Å²) < 4.78 is 13.6. The monoisotopic (exact) mass is 736 g/mol. The Bertz CT molecular complexity index is 2400. The lowest BCUT2D eigenvalue weighted by Crippen LogP contribution is -2.16. The number of nitrogens with zero attached hydrogens (tertiary/aromatic N) is 4. The Balaban J connectivity index is 1.28. The minimum Gasteiger partial charge on any atom is -0.438 e. The van der Waals surface area contributed by atoms with E-state index in [0.717, 1.165) is 55.4 Å². The Kier molecular flexibility index (Phi) is 7.90. The van der Waals surface area contributed by atoms with Gasteiger partial charge in [-0.3, -0.25) is 8.11 Å². The minimum atomic E-state index is -1.33. The van der Waals surface area contributed by atoms with Crippen LogP contribution in [-0.2, 0) is 3.07 Å². The molecule has 0 saturated carbocycles. The van der Waals surface area contributed by atoms with Gasteiger partial charge in [0.2, 0.25) is 0 Å². The predicted molar refractivity (Wildman–Crippen MR) is 209 cm³/mol. The molecular weight excluding hydrogens is 705 g/mol. The largest absolute Gasteiger partial charge is 0.438 e. The van der Waals surface area contributed by atoms with Crippen LogP contribution in [0.5, 0.6) is 0 Å². The summed E-state index contributed by atoms with van der Waals surface area (Å²) in [5.41, 5.74) is 6.89. The van der Waals surface area contributed by atoms with E-state index in [1.807, 2.05) is 41.5 Å². The summed E-state index contributed by atoms with van der Waals surface area (Å²) in [6.45, 7) is 0. The number of amidine groups is 2.